The van der Waals surface area contributed by atoms with E-state index in [-0.39, 0.29) is 12.6 Å². The molecule has 0 aliphatic rings. The number of carbonyl (C=O) groups is 2. The van der Waals surface area contributed by atoms with Gasteiger partial charge in [0.2, 0.25) is 0 Å². The zero-order valence-electron chi connectivity index (χ0n) is 14.6. The summed E-state index contributed by atoms with van der Waals surface area (Å²) in [5, 5.41) is 5.61. The lowest BCUT2D eigenvalue weighted by Gasteiger charge is -2.21. The van der Waals surface area contributed by atoms with Gasteiger partial charge in [0, 0.05) is 6.54 Å². The minimum atomic E-state index is -0.555. The molecule has 2 aromatic rings. The molecule has 0 saturated carbocycles. The summed E-state index contributed by atoms with van der Waals surface area (Å²) >= 11 is 0. The van der Waals surface area contributed by atoms with E-state index in [1.165, 1.54) is 17.9 Å². The van der Waals surface area contributed by atoms with Crippen molar-refractivity contribution >= 4 is 11.9 Å². The Morgan fingerprint density at radius 1 is 1.16 bits per heavy atom. The number of benzene rings is 1. The van der Waals surface area contributed by atoms with Crippen LogP contribution in [0.3, 0.4) is 0 Å². The highest BCUT2D eigenvalue weighted by Crippen LogP contribution is 2.16. The van der Waals surface area contributed by atoms with Crippen molar-refractivity contribution in [3.05, 3.63) is 59.5 Å². The van der Waals surface area contributed by atoms with Gasteiger partial charge in [-0.15, -0.1) is 0 Å². The molecule has 1 heterocycles. The first-order valence-corrected chi connectivity index (χ1v) is 8.38. The third-order valence-electron chi connectivity index (χ3n) is 4.17. The molecule has 6 heteroatoms. The largest absolute Gasteiger partial charge is 0.467 e. The number of hydrogen-bond acceptors (Lipinski definition) is 3. The maximum absolute atomic E-state index is 12.0. The second kappa shape index (κ2) is 8.92. The van der Waals surface area contributed by atoms with Crippen LogP contribution in [-0.4, -0.2) is 18.5 Å². The number of carbonyl (C=O) groups excluding carboxylic acids is 2. The summed E-state index contributed by atoms with van der Waals surface area (Å²) < 4.78 is 5.18. The van der Waals surface area contributed by atoms with Crippen molar-refractivity contribution < 1.29 is 14.0 Å². The normalized spacial score (nSPS) is 12.0. The minimum Gasteiger partial charge on any atom is -0.467 e. The van der Waals surface area contributed by atoms with E-state index in [9.17, 15) is 9.59 Å². The molecule has 0 bridgehead atoms. The average molecular weight is 343 g/mol. The van der Waals surface area contributed by atoms with Gasteiger partial charge in [0.05, 0.1) is 12.1 Å². The Kier molecular flexibility index (Phi) is 6.62. The molecule has 0 fully saturated rings. The lowest BCUT2D eigenvalue weighted by atomic mass is 9.89. The Balaban J connectivity index is 1.79. The van der Waals surface area contributed by atoms with Gasteiger partial charge in [0.25, 0.3) is 5.91 Å². The smallest absolute Gasteiger partial charge is 0.315 e. The molecule has 0 radical (unpaired) electrons. The van der Waals surface area contributed by atoms with E-state index in [0.29, 0.717) is 29.7 Å². The fourth-order valence-electron chi connectivity index (χ4n) is 2.52. The van der Waals surface area contributed by atoms with E-state index in [1.54, 1.807) is 0 Å². The summed E-state index contributed by atoms with van der Waals surface area (Å²) in [4.78, 5) is 23.0. The molecule has 1 atom stereocenters. The Hall–Kier alpha value is -2.76. The first-order chi connectivity index (χ1) is 12.0. The molecule has 1 aromatic heterocycles. The number of hydrogen-bond donors (Lipinski definition) is 3. The molecule has 4 N–H and O–H groups in total. The number of furan rings is 1. The van der Waals surface area contributed by atoms with Gasteiger partial charge in [-0.05, 0) is 29.9 Å². The van der Waals surface area contributed by atoms with Crippen LogP contribution in [0.15, 0.2) is 47.1 Å². The van der Waals surface area contributed by atoms with Crippen LogP contribution in [0.5, 0.6) is 0 Å². The third kappa shape index (κ3) is 5.99. The third-order valence-corrected chi connectivity index (χ3v) is 4.17. The van der Waals surface area contributed by atoms with Crippen LogP contribution in [0.2, 0.25) is 0 Å². The summed E-state index contributed by atoms with van der Waals surface area (Å²) in [5.74, 6) is 0.718. The molecular formula is C19H25N3O3. The monoisotopic (exact) mass is 343 g/mol. The zero-order valence-corrected chi connectivity index (χ0v) is 14.6. The van der Waals surface area contributed by atoms with Crippen molar-refractivity contribution in [3.63, 3.8) is 0 Å². The molecule has 0 unspecified atom stereocenters. The van der Waals surface area contributed by atoms with Gasteiger partial charge in [-0.2, -0.15) is 0 Å². The highest BCUT2D eigenvalue weighted by molar-refractivity contribution is 5.92. The van der Waals surface area contributed by atoms with E-state index in [4.69, 9.17) is 10.2 Å². The van der Waals surface area contributed by atoms with Gasteiger partial charge >= 0.3 is 6.03 Å². The highest BCUT2D eigenvalue weighted by atomic mass is 16.3. The standard InChI is InChI=1S/C19H25N3O3/c1-13(2)15(8-14-6-4-3-5-7-14)10-21-19(24)22-11-17-9-16(12-25-17)18(20)23/h3-7,9,12-13,15H,8,10-11H2,1-2H3,(H2,20,23)(H2,21,22,24)/t15-/m1/s1. The van der Waals surface area contributed by atoms with Crippen molar-refractivity contribution in [1.82, 2.24) is 10.6 Å². The van der Waals surface area contributed by atoms with Gasteiger partial charge in [-0.1, -0.05) is 44.2 Å². The molecule has 3 amide bonds. The molecule has 25 heavy (non-hydrogen) atoms. The fraction of sp³-hybridized carbons (Fsp3) is 0.368. The molecule has 0 saturated heterocycles. The van der Waals surface area contributed by atoms with Crippen LogP contribution in [0.4, 0.5) is 4.79 Å². The van der Waals surface area contributed by atoms with E-state index in [0.717, 1.165) is 6.42 Å². The molecular weight excluding hydrogens is 318 g/mol. The summed E-state index contributed by atoms with van der Waals surface area (Å²) in [6.45, 7) is 5.09. The molecule has 6 nitrogen and oxygen atoms in total. The summed E-state index contributed by atoms with van der Waals surface area (Å²) in [6, 6.07) is 11.5. The fourth-order valence-corrected chi connectivity index (χ4v) is 2.52. The van der Waals surface area contributed by atoms with Gasteiger partial charge in [-0.25, -0.2) is 4.79 Å². The lowest BCUT2D eigenvalue weighted by molar-refractivity contribution is 0.0999. The van der Waals surface area contributed by atoms with Gasteiger partial charge in [0.1, 0.15) is 12.0 Å². The van der Waals surface area contributed by atoms with E-state index in [2.05, 4.69) is 36.6 Å². The van der Waals surface area contributed by atoms with Crippen LogP contribution < -0.4 is 16.4 Å². The van der Waals surface area contributed by atoms with Crippen molar-refractivity contribution in [2.75, 3.05) is 6.54 Å². The lowest BCUT2D eigenvalue weighted by Crippen LogP contribution is -2.39. The van der Waals surface area contributed by atoms with Crippen LogP contribution in [0, 0.1) is 11.8 Å². The van der Waals surface area contributed by atoms with Crippen LogP contribution in [0.1, 0.15) is 35.5 Å². The molecule has 134 valence electrons. The number of rotatable bonds is 8. The number of urea groups is 1. The SMILES string of the molecule is CC(C)[C@@H](CNC(=O)NCc1cc(C(N)=O)co1)Cc1ccccc1. The quantitative estimate of drug-likeness (QED) is 0.687. The van der Waals surface area contributed by atoms with Crippen molar-refractivity contribution in [2.45, 2.75) is 26.8 Å². The van der Waals surface area contributed by atoms with E-state index in [1.807, 2.05) is 18.2 Å². The molecule has 0 aliphatic carbocycles. The Labute approximate surface area is 147 Å². The van der Waals surface area contributed by atoms with Gasteiger partial charge < -0.3 is 20.8 Å². The zero-order chi connectivity index (χ0) is 18.2. The Morgan fingerprint density at radius 3 is 2.48 bits per heavy atom. The predicted molar refractivity (Wildman–Crippen MR) is 95.9 cm³/mol. The van der Waals surface area contributed by atoms with Crippen LogP contribution in [0.25, 0.3) is 0 Å². The summed E-state index contributed by atoms with van der Waals surface area (Å²) in [5.41, 5.74) is 6.71. The predicted octanol–water partition coefficient (Wildman–Crippen LogP) is 2.69. The van der Waals surface area contributed by atoms with Crippen LogP contribution in [-0.2, 0) is 13.0 Å². The maximum Gasteiger partial charge on any atom is 0.315 e. The molecule has 0 aliphatic heterocycles. The first kappa shape index (κ1) is 18.6. The number of primary amides is 1. The van der Waals surface area contributed by atoms with E-state index >= 15 is 0 Å². The number of amides is 3. The average Bonchev–Trinajstić information content (AvgIpc) is 3.06. The minimum absolute atomic E-state index is 0.199. The van der Waals surface area contributed by atoms with Gasteiger partial charge in [-0.3, -0.25) is 4.79 Å². The Bertz CT molecular complexity index is 695. The maximum atomic E-state index is 12.0. The summed E-state index contributed by atoms with van der Waals surface area (Å²) in [6.07, 6.45) is 2.20. The van der Waals surface area contributed by atoms with E-state index < -0.39 is 5.91 Å². The second-order valence-electron chi connectivity index (χ2n) is 6.42. The number of nitrogens with two attached hydrogens (primary N) is 1. The molecule has 0 spiro atoms. The number of nitrogens with one attached hydrogen (secondary N) is 2. The topological polar surface area (TPSA) is 97.4 Å². The molecule has 2 rings (SSSR count). The van der Waals surface area contributed by atoms with Crippen molar-refractivity contribution in [3.8, 4) is 0 Å². The van der Waals surface area contributed by atoms with Crippen molar-refractivity contribution in [2.24, 2.45) is 17.6 Å². The first-order valence-electron chi connectivity index (χ1n) is 8.38. The second-order valence-corrected chi connectivity index (χ2v) is 6.42. The van der Waals surface area contributed by atoms with Crippen molar-refractivity contribution in [1.29, 1.82) is 0 Å². The van der Waals surface area contributed by atoms with Crippen LogP contribution >= 0.6 is 0 Å². The molecule has 1 aromatic carbocycles. The highest BCUT2D eigenvalue weighted by Gasteiger charge is 2.15. The van der Waals surface area contributed by atoms with Gasteiger partial charge in [0.15, 0.2) is 0 Å². The Morgan fingerprint density at radius 2 is 1.88 bits per heavy atom. The summed E-state index contributed by atoms with van der Waals surface area (Å²) in [7, 11) is 0.